The second-order valence-electron chi connectivity index (χ2n) is 4.08. The van der Waals surface area contributed by atoms with E-state index >= 15 is 0 Å². The summed E-state index contributed by atoms with van der Waals surface area (Å²) in [7, 11) is 0. The Kier molecular flexibility index (Phi) is 3.38. The first-order chi connectivity index (χ1) is 8.09. The van der Waals surface area contributed by atoms with Crippen molar-refractivity contribution in [2.24, 2.45) is 0 Å². The predicted molar refractivity (Wildman–Crippen MR) is 68.8 cm³/mol. The van der Waals surface area contributed by atoms with Gasteiger partial charge < -0.3 is 5.32 Å². The van der Waals surface area contributed by atoms with Crippen LogP contribution in [0.5, 0.6) is 0 Å². The number of hydrogen-bond donors (Lipinski definition) is 1. The highest BCUT2D eigenvalue weighted by Crippen LogP contribution is 2.29. The summed E-state index contributed by atoms with van der Waals surface area (Å²) < 4.78 is 0. The van der Waals surface area contributed by atoms with Crippen LogP contribution in [0.3, 0.4) is 0 Å². The molecule has 2 rings (SSSR count). The monoisotopic (exact) mass is 250 g/mol. The van der Waals surface area contributed by atoms with Crippen LogP contribution in [-0.2, 0) is 4.79 Å². The Morgan fingerprint density at radius 3 is 2.41 bits per heavy atom. The number of benzene rings is 1. The van der Waals surface area contributed by atoms with Gasteiger partial charge in [0.2, 0.25) is 0 Å². The molecule has 1 aliphatic heterocycles. The van der Waals surface area contributed by atoms with Crippen LogP contribution in [-0.4, -0.2) is 27.5 Å². The third kappa shape index (κ3) is 2.44. The number of nitrogens with zero attached hydrogens (tertiary/aromatic N) is 1. The van der Waals surface area contributed by atoms with Gasteiger partial charge in [0.1, 0.15) is 0 Å². The number of carbonyl (C=O) groups excluding carboxylic acids is 2. The summed E-state index contributed by atoms with van der Waals surface area (Å²) in [6.07, 6.45) is 0. The summed E-state index contributed by atoms with van der Waals surface area (Å²) in [5.74, 6) is -0.168. The quantitative estimate of drug-likeness (QED) is 0.895. The van der Waals surface area contributed by atoms with Gasteiger partial charge in [0.25, 0.3) is 11.1 Å². The van der Waals surface area contributed by atoms with Gasteiger partial charge in [-0.15, -0.1) is 0 Å². The summed E-state index contributed by atoms with van der Waals surface area (Å²) in [4.78, 5) is 24.9. The van der Waals surface area contributed by atoms with Crippen LogP contribution >= 0.6 is 11.8 Å². The Labute approximate surface area is 104 Å². The fourth-order valence-corrected chi connectivity index (χ4v) is 2.69. The largest absolute Gasteiger partial charge is 0.365 e. The maximum absolute atomic E-state index is 12.0. The molecule has 0 radical (unpaired) electrons. The second-order valence-corrected chi connectivity index (χ2v) is 5.13. The van der Waals surface area contributed by atoms with Gasteiger partial charge in [0.15, 0.2) is 5.37 Å². The highest BCUT2D eigenvalue weighted by molar-refractivity contribution is 8.15. The standard InChI is InChI=1S/C12H14N2O2S/c1-8(2)14-11(15)10(17-12(14)16)13-9-6-4-3-5-7-9/h3-8,10,13H,1-2H3/t10-/m1/s1. The molecule has 1 atom stereocenters. The van der Waals surface area contributed by atoms with Gasteiger partial charge in [-0.2, -0.15) is 0 Å². The lowest BCUT2D eigenvalue weighted by atomic mass is 10.3. The van der Waals surface area contributed by atoms with E-state index < -0.39 is 5.37 Å². The lowest BCUT2D eigenvalue weighted by Crippen LogP contribution is -2.38. The zero-order valence-corrected chi connectivity index (χ0v) is 10.5. The number of nitrogens with one attached hydrogen (secondary N) is 1. The number of para-hydroxylation sites is 1. The van der Waals surface area contributed by atoms with E-state index in [-0.39, 0.29) is 17.2 Å². The number of amides is 2. The van der Waals surface area contributed by atoms with Crippen LogP contribution in [0.2, 0.25) is 0 Å². The first kappa shape index (κ1) is 12.0. The molecule has 2 amide bonds. The number of carbonyl (C=O) groups is 2. The van der Waals surface area contributed by atoms with Crippen molar-refractivity contribution in [1.29, 1.82) is 0 Å². The fraction of sp³-hybridized carbons (Fsp3) is 0.333. The predicted octanol–water partition coefficient (Wildman–Crippen LogP) is 2.53. The molecule has 1 N–H and O–H groups in total. The molecule has 1 aliphatic rings. The Bertz CT molecular complexity index is 433. The maximum Gasteiger partial charge on any atom is 0.291 e. The lowest BCUT2D eigenvalue weighted by Gasteiger charge is -2.18. The molecule has 1 aromatic rings. The normalized spacial score (nSPS) is 20.2. The molecule has 90 valence electrons. The average molecular weight is 250 g/mol. The van der Waals surface area contributed by atoms with E-state index in [0.29, 0.717) is 0 Å². The minimum absolute atomic E-state index is 0.0925. The summed E-state index contributed by atoms with van der Waals surface area (Å²) >= 11 is 1.03. The lowest BCUT2D eigenvalue weighted by molar-refractivity contribution is -0.127. The third-order valence-electron chi connectivity index (χ3n) is 2.47. The minimum atomic E-state index is -0.507. The summed E-state index contributed by atoms with van der Waals surface area (Å²) in [6, 6.07) is 9.32. The molecular weight excluding hydrogens is 236 g/mol. The molecule has 0 bridgehead atoms. The number of anilines is 1. The van der Waals surface area contributed by atoms with E-state index in [4.69, 9.17) is 0 Å². The van der Waals surface area contributed by atoms with Gasteiger partial charge in [-0.25, -0.2) is 0 Å². The van der Waals surface area contributed by atoms with Crippen LogP contribution in [0, 0.1) is 0 Å². The SMILES string of the molecule is CC(C)N1C(=O)S[C@@H](Nc2ccccc2)C1=O. The molecule has 0 spiro atoms. The molecule has 1 saturated heterocycles. The van der Waals surface area contributed by atoms with Gasteiger partial charge in [0, 0.05) is 11.7 Å². The number of hydrogen-bond acceptors (Lipinski definition) is 4. The Morgan fingerprint density at radius 1 is 1.24 bits per heavy atom. The molecule has 1 fully saturated rings. The minimum Gasteiger partial charge on any atom is -0.365 e. The topological polar surface area (TPSA) is 49.4 Å². The van der Waals surface area contributed by atoms with Crippen molar-refractivity contribution < 1.29 is 9.59 Å². The molecular formula is C12H14N2O2S. The molecule has 17 heavy (non-hydrogen) atoms. The molecule has 4 nitrogen and oxygen atoms in total. The molecule has 0 aromatic heterocycles. The van der Waals surface area contributed by atoms with Crippen molar-refractivity contribution in [3.63, 3.8) is 0 Å². The van der Waals surface area contributed by atoms with E-state index in [1.54, 1.807) is 0 Å². The second kappa shape index (κ2) is 4.79. The average Bonchev–Trinajstić information content (AvgIpc) is 2.55. The van der Waals surface area contributed by atoms with Crippen LogP contribution < -0.4 is 5.32 Å². The van der Waals surface area contributed by atoms with Gasteiger partial charge >= 0.3 is 0 Å². The van der Waals surface area contributed by atoms with Crippen LogP contribution in [0.25, 0.3) is 0 Å². The van der Waals surface area contributed by atoms with Crippen molar-refractivity contribution >= 4 is 28.6 Å². The molecule has 1 heterocycles. The maximum atomic E-state index is 12.0. The van der Waals surface area contributed by atoms with Crippen molar-refractivity contribution in [1.82, 2.24) is 4.90 Å². The molecule has 0 aliphatic carbocycles. The Hall–Kier alpha value is -1.49. The van der Waals surface area contributed by atoms with E-state index in [9.17, 15) is 9.59 Å². The van der Waals surface area contributed by atoms with E-state index in [2.05, 4.69) is 5.32 Å². The first-order valence-electron chi connectivity index (χ1n) is 5.45. The number of rotatable bonds is 3. The first-order valence-corrected chi connectivity index (χ1v) is 6.33. The number of imide groups is 1. The summed E-state index contributed by atoms with van der Waals surface area (Å²) in [5, 5.41) is 2.37. The highest BCUT2D eigenvalue weighted by atomic mass is 32.2. The van der Waals surface area contributed by atoms with Crippen molar-refractivity contribution in [2.75, 3.05) is 5.32 Å². The Morgan fingerprint density at radius 2 is 1.88 bits per heavy atom. The van der Waals surface area contributed by atoms with Crippen molar-refractivity contribution in [2.45, 2.75) is 25.3 Å². The zero-order chi connectivity index (χ0) is 12.4. The Balaban J connectivity index is 2.10. The molecule has 1 aromatic carbocycles. The summed E-state index contributed by atoms with van der Waals surface area (Å²) in [6.45, 7) is 3.67. The van der Waals surface area contributed by atoms with Crippen molar-refractivity contribution in [3.05, 3.63) is 30.3 Å². The van der Waals surface area contributed by atoms with E-state index in [0.717, 1.165) is 17.4 Å². The highest BCUT2D eigenvalue weighted by Gasteiger charge is 2.40. The van der Waals surface area contributed by atoms with Crippen molar-refractivity contribution in [3.8, 4) is 0 Å². The molecule has 5 heteroatoms. The fourth-order valence-electron chi connectivity index (χ4n) is 1.67. The van der Waals surface area contributed by atoms with E-state index in [1.807, 2.05) is 44.2 Å². The van der Waals surface area contributed by atoms with Gasteiger partial charge in [0.05, 0.1) is 0 Å². The zero-order valence-electron chi connectivity index (χ0n) is 9.71. The van der Waals surface area contributed by atoms with Gasteiger partial charge in [-0.3, -0.25) is 14.5 Å². The third-order valence-corrected chi connectivity index (χ3v) is 3.42. The molecule has 0 unspecified atom stereocenters. The van der Waals surface area contributed by atoms with Gasteiger partial charge in [-0.1, -0.05) is 18.2 Å². The number of thioether (sulfide) groups is 1. The smallest absolute Gasteiger partial charge is 0.291 e. The summed E-state index contributed by atoms with van der Waals surface area (Å²) in [5.41, 5.74) is 0.844. The molecule has 0 saturated carbocycles. The van der Waals surface area contributed by atoms with Gasteiger partial charge in [-0.05, 0) is 37.7 Å². The van der Waals surface area contributed by atoms with E-state index in [1.165, 1.54) is 4.90 Å². The van der Waals surface area contributed by atoms with Crippen LogP contribution in [0.15, 0.2) is 30.3 Å². The van der Waals surface area contributed by atoms with Crippen LogP contribution in [0.1, 0.15) is 13.8 Å². The van der Waals surface area contributed by atoms with Crippen LogP contribution in [0.4, 0.5) is 10.5 Å².